The Morgan fingerprint density at radius 2 is 2.07 bits per heavy atom. The molecular weight excluding hydrogens is 184 g/mol. The van der Waals surface area contributed by atoms with E-state index in [-0.39, 0.29) is 0 Å². The number of piperidine rings is 1. The first-order valence-electron chi connectivity index (χ1n) is 6.69. The molecule has 15 heavy (non-hydrogen) atoms. The molecule has 2 rings (SSSR count). The van der Waals surface area contributed by atoms with E-state index in [0.717, 1.165) is 30.5 Å². The van der Waals surface area contributed by atoms with E-state index in [1.807, 2.05) is 0 Å². The number of hydrogen-bond acceptors (Lipinski definition) is 2. The van der Waals surface area contributed by atoms with Crippen LogP contribution in [0.2, 0.25) is 0 Å². The third kappa shape index (κ3) is 2.73. The molecule has 1 saturated heterocycles. The number of nitrogens with one attached hydrogen (secondary N) is 1. The Bertz CT molecular complexity index is 201. The van der Waals surface area contributed by atoms with E-state index in [1.54, 1.807) is 0 Å². The van der Waals surface area contributed by atoms with Crippen LogP contribution >= 0.6 is 0 Å². The van der Waals surface area contributed by atoms with Crippen LogP contribution in [-0.2, 0) is 0 Å². The molecule has 2 nitrogen and oxygen atoms in total. The second kappa shape index (κ2) is 4.84. The monoisotopic (exact) mass is 210 g/mol. The molecule has 0 amide bonds. The van der Waals surface area contributed by atoms with Crippen LogP contribution in [0.4, 0.5) is 0 Å². The molecule has 1 aliphatic carbocycles. The minimum Gasteiger partial charge on any atom is -0.314 e. The number of hydrogen-bond donors (Lipinski definition) is 1. The van der Waals surface area contributed by atoms with E-state index in [0.29, 0.717) is 0 Å². The topological polar surface area (TPSA) is 15.3 Å². The lowest BCUT2D eigenvalue weighted by atomic mass is 9.92. The van der Waals surface area contributed by atoms with Gasteiger partial charge >= 0.3 is 0 Å². The second-order valence-corrected chi connectivity index (χ2v) is 5.50. The number of likely N-dealkylation sites (tertiary alicyclic amines) is 1. The van der Waals surface area contributed by atoms with Crippen molar-refractivity contribution < 1.29 is 0 Å². The Kier molecular flexibility index (Phi) is 3.68. The predicted octanol–water partition coefficient (Wildman–Crippen LogP) is 2.10. The van der Waals surface area contributed by atoms with Crippen molar-refractivity contribution in [3.05, 3.63) is 0 Å². The van der Waals surface area contributed by atoms with Gasteiger partial charge in [0.15, 0.2) is 0 Å². The molecule has 0 aromatic carbocycles. The van der Waals surface area contributed by atoms with Gasteiger partial charge in [0.2, 0.25) is 0 Å². The molecule has 0 aromatic heterocycles. The van der Waals surface area contributed by atoms with E-state index in [2.05, 4.69) is 31.0 Å². The average Bonchev–Trinajstić information content (AvgIpc) is 3.04. The quantitative estimate of drug-likeness (QED) is 0.764. The fourth-order valence-electron chi connectivity index (χ4n) is 2.99. The van der Waals surface area contributed by atoms with Crippen molar-refractivity contribution in [1.82, 2.24) is 10.2 Å². The van der Waals surface area contributed by atoms with E-state index < -0.39 is 0 Å². The molecule has 2 heteroatoms. The summed E-state index contributed by atoms with van der Waals surface area (Å²) in [6.45, 7) is 10.8. The predicted molar refractivity (Wildman–Crippen MR) is 65.0 cm³/mol. The fourth-order valence-corrected chi connectivity index (χ4v) is 2.99. The van der Waals surface area contributed by atoms with Gasteiger partial charge in [0.05, 0.1) is 0 Å². The van der Waals surface area contributed by atoms with Gasteiger partial charge in [-0.15, -0.1) is 0 Å². The van der Waals surface area contributed by atoms with Gasteiger partial charge in [-0.25, -0.2) is 0 Å². The van der Waals surface area contributed by atoms with Gasteiger partial charge in [0, 0.05) is 18.6 Å². The van der Waals surface area contributed by atoms with Crippen LogP contribution in [0.15, 0.2) is 0 Å². The van der Waals surface area contributed by atoms with Gasteiger partial charge in [-0.1, -0.05) is 13.8 Å². The highest BCUT2D eigenvalue weighted by Gasteiger charge is 2.35. The molecule has 0 spiro atoms. The third-order valence-electron chi connectivity index (χ3n) is 4.28. The average molecular weight is 210 g/mol. The van der Waals surface area contributed by atoms with Crippen molar-refractivity contribution in [3.8, 4) is 0 Å². The summed E-state index contributed by atoms with van der Waals surface area (Å²) in [5.74, 6) is 1.84. The van der Waals surface area contributed by atoms with Crippen LogP contribution in [0.3, 0.4) is 0 Å². The van der Waals surface area contributed by atoms with Crippen LogP contribution in [0.1, 0.15) is 40.0 Å². The first-order chi connectivity index (χ1) is 7.22. The molecule has 1 N–H and O–H groups in total. The number of rotatable bonds is 4. The summed E-state index contributed by atoms with van der Waals surface area (Å²) in [6.07, 6.45) is 4.29. The first kappa shape index (κ1) is 11.4. The first-order valence-corrected chi connectivity index (χ1v) is 6.69. The van der Waals surface area contributed by atoms with Crippen LogP contribution in [0, 0.1) is 11.8 Å². The maximum absolute atomic E-state index is 3.61. The smallest absolute Gasteiger partial charge is 0.0117 e. The standard InChI is InChI=1S/C13H26N2/c1-4-14-13-7-8-15(9-10(13)2)11(3)12-5-6-12/h10-14H,4-9H2,1-3H3. The van der Waals surface area contributed by atoms with Crippen LogP contribution in [0.5, 0.6) is 0 Å². The van der Waals surface area contributed by atoms with Crippen molar-refractivity contribution in [1.29, 1.82) is 0 Å². The SMILES string of the molecule is CCNC1CCN(C(C)C2CC2)CC1C. The van der Waals surface area contributed by atoms with E-state index in [9.17, 15) is 0 Å². The highest BCUT2D eigenvalue weighted by molar-refractivity contribution is 4.90. The highest BCUT2D eigenvalue weighted by atomic mass is 15.2. The summed E-state index contributed by atoms with van der Waals surface area (Å²) in [6, 6.07) is 1.60. The summed E-state index contributed by atoms with van der Waals surface area (Å²) in [7, 11) is 0. The van der Waals surface area contributed by atoms with Gasteiger partial charge < -0.3 is 10.2 Å². The van der Waals surface area contributed by atoms with E-state index in [4.69, 9.17) is 0 Å². The van der Waals surface area contributed by atoms with Gasteiger partial charge in [0.1, 0.15) is 0 Å². The lowest BCUT2D eigenvalue weighted by Gasteiger charge is -2.40. The normalized spacial score (nSPS) is 35.4. The fraction of sp³-hybridized carbons (Fsp3) is 1.00. The molecule has 1 heterocycles. The molecule has 3 unspecified atom stereocenters. The molecule has 88 valence electrons. The zero-order valence-electron chi connectivity index (χ0n) is 10.5. The summed E-state index contributed by atoms with van der Waals surface area (Å²) < 4.78 is 0. The third-order valence-corrected chi connectivity index (χ3v) is 4.28. The summed E-state index contributed by atoms with van der Waals surface area (Å²) in [4.78, 5) is 2.72. The van der Waals surface area contributed by atoms with Gasteiger partial charge in [-0.3, -0.25) is 0 Å². The zero-order chi connectivity index (χ0) is 10.8. The highest BCUT2D eigenvalue weighted by Crippen LogP contribution is 2.36. The second-order valence-electron chi connectivity index (χ2n) is 5.50. The van der Waals surface area contributed by atoms with Crippen molar-refractivity contribution >= 4 is 0 Å². The summed E-state index contributed by atoms with van der Waals surface area (Å²) in [5.41, 5.74) is 0. The molecule has 0 aromatic rings. The Morgan fingerprint density at radius 1 is 1.33 bits per heavy atom. The minimum atomic E-state index is 0.762. The molecule has 0 bridgehead atoms. The molecule has 2 aliphatic rings. The van der Waals surface area contributed by atoms with Crippen LogP contribution in [-0.4, -0.2) is 36.6 Å². The van der Waals surface area contributed by atoms with Crippen LogP contribution < -0.4 is 5.32 Å². The molecule has 1 aliphatic heterocycles. The van der Waals surface area contributed by atoms with Gasteiger partial charge in [-0.05, 0) is 51.1 Å². The maximum atomic E-state index is 3.61. The van der Waals surface area contributed by atoms with Gasteiger partial charge in [-0.2, -0.15) is 0 Å². The summed E-state index contributed by atoms with van der Waals surface area (Å²) in [5, 5.41) is 3.61. The summed E-state index contributed by atoms with van der Waals surface area (Å²) >= 11 is 0. The number of nitrogens with zero attached hydrogens (tertiary/aromatic N) is 1. The largest absolute Gasteiger partial charge is 0.314 e. The van der Waals surface area contributed by atoms with Crippen molar-refractivity contribution in [3.63, 3.8) is 0 Å². The van der Waals surface area contributed by atoms with Gasteiger partial charge in [0.25, 0.3) is 0 Å². The maximum Gasteiger partial charge on any atom is 0.0117 e. The lowest BCUT2D eigenvalue weighted by Crippen LogP contribution is -2.51. The molecule has 3 atom stereocenters. The van der Waals surface area contributed by atoms with E-state index in [1.165, 1.54) is 32.4 Å². The van der Waals surface area contributed by atoms with Crippen LogP contribution in [0.25, 0.3) is 0 Å². The molecule has 0 radical (unpaired) electrons. The molecular formula is C13H26N2. The van der Waals surface area contributed by atoms with E-state index >= 15 is 0 Å². The van der Waals surface area contributed by atoms with Crippen molar-refractivity contribution in [2.45, 2.75) is 52.1 Å². The molecule has 1 saturated carbocycles. The Hall–Kier alpha value is -0.0800. The Morgan fingerprint density at radius 3 is 2.60 bits per heavy atom. The lowest BCUT2D eigenvalue weighted by molar-refractivity contribution is 0.102. The zero-order valence-corrected chi connectivity index (χ0v) is 10.5. The van der Waals surface area contributed by atoms with Crippen molar-refractivity contribution in [2.75, 3.05) is 19.6 Å². The Labute approximate surface area is 94.4 Å². The minimum absolute atomic E-state index is 0.762. The van der Waals surface area contributed by atoms with Crippen molar-refractivity contribution in [2.24, 2.45) is 11.8 Å². The Balaban J connectivity index is 1.81. The molecule has 2 fully saturated rings.